The van der Waals surface area contributed by atoms with Crippen molar-refractivity contribution in [2.24, 2.45) is 0 Å². The Labute approximate surface area is 172 Å². The van der Waals surface area contributed by atoms with Gasteiger partial charge < -0.3 is 5.32 Å². The molecule has 1 saturated heterocycles. The number of aromatic nitrogens is 1. The van der Waals surface area contributed by atoms with Crippen LogP contribution in [0.3, 0.4) is 0 Å². The smallest absolute Gasteiger partial charge is 0.239 e. The van der Waals surface area contributed by atoms with Gasteiger partial charge in [-0.2, -0.15) is 0 Å². The number of carbonyl (C=O) groups is 1. The molecule has 3 unspecified atom stereocenters. The highest BCUT2D eigenvalue weighted by molar-refractivity contribution is 9.10. The number of nitrogens with one attached hydrogen (secondary N) is 3. The first-order chi connectivity index (χ1) is 13.7. The van der Waals surface area contributed by atoms with Gasteiger partial charge >= 0.3 is 0 Å². The molecule has 28 heavy (non-hydrogen) atoms. The van der Waals surface area contributed by atoms with Crippen LogP contribution in [0.2, 0.25) is 0 Å². The quantitative estimate of drug-likeness (QED) is 0.570. The fraction of sp³-hybridized carbons (Fsp3) is 0.182. The monoisotopic (exact) mass is 436 g/mol. The van der Waals surface area contributed by atoms with E-state index >= 15 is 0 Å². The van der Waals surface area contributed by atoms with Gasteiger partial charge in [-0.3, -0.25) is 9.78 Å². The van der Waals surface area contributed by atoms with Crippen LogP contribution >= 0.6 is 15.9 Å². The van der Waals surface area contributed by atoms with Gasteiger partial charge in [0.2, 0.25) is 5.91 Å². The number of pyridine rings is 1. The molecule has 1 aliphatic heterocycles. The molecule has 1 fully saturated rings. The number of nitrogens with zero attached hydrogens (tertiary/aromatic N) is 1. The van der Waals surface area contributed by atoms with Crippen LogP contribution < -0.4 is 16.2 Å². The molecule has 2 heterocycles. The molecule has 0 saturated carbocycles. The van der Waals surface area contributed by atoms with Crippen LogP contribution in [0.4, 0.5) is 0 Å². The third kappa shape index (κ3) is 4.30. The van der Waals surface area contributed by atoms with E-state index in [0.29, 0.717) is 6.42 Å². The summed E-state index contributed by atoms with van der Waals surface area (Å²) in [5, 5.41) is 3.16. The Bertz CT molecular complexity index is 879. The highest BCUT2D eigenvalue weighted by Gasteiger charge is 2.31. The van der Waals surface area contributed by atoms with E-state index in [4.69, 9.17) is 0 Å². The molecule has 3 atom stereocenters. The molecule has 0 bridgehead atoms. The molecule has 0 radical (unpaired) electrons. The van der Waals surface area contributed by atoms with Crippen molar-refractivity contribution in [3.63, 3.8) is 0 Å². The van der Waals surface area contributed by atoms with Crippen LogP contribution in [0.15, 0.2) is 83.5 Å². The zero-order chi connectivity index (χ0) is 19.3. The third-order valence-corrected chi connectivity index (χ3v) is 5.42. The van der Waals surface area contributed by atoms with Gasteiger partial charge in [0, 0.05) is 16.7 Å². The average molecular weight is 437 g/mol. The molecule has 1 aromatic heterocycles. The largest absolute Gasteiger partial charge is 0.342 e. The molecule has 3 aromatic rings. The Morgan fingerprint density at radius 1 is 1.00 bits per heavy atom. The summed E-state index contributed by atoms with van der Waals surface area (Å²) in [6.45, 7) is 0. The second-order valence-electron chi connectivity index (χ2n) is 6.79. The molecule has 5 nitrogen and oxygen atoms in total. The molecule has 0 spiro atoms. The first-order valence-corrected chi connectivity index (χ1v) is 10.0. The fourth-order valence-corrected chi connectivity index (χ4v) is 3.67. The van der Waals surface area contributed by atoms with Gasteiger partial charge in [-0.1, -0.05) is 64.5 Å². The van der Waals surface area contributed by atoms with Crippen LogP contribution in [-0.4, -0.2) is 16.9 Å². The van der Waals surface area contributed by atoms with Crippen molar-refractivity contribution in [1.29, 1.82) is 0 Å². The van der Waals surface area contributed by atoms with E-state index in [2.05, 4.69) is 49.2 Å². The van der Waals surface area contributed by atoms with Crippen molar-refractivity contribution in [3.05, 3.63) is 100 Å². The summed E-state index contributed by atoms with van der Waals surface area (Å²) in [7, 11) is 0. The minimum atomic E-state index is -0.316. The van der Waals surface area contributed by atoms with E-state index in [1.165, 1.54) is 0 Å². The molecular weight excluding hydrogens is 416 g/mol. The molecule has 3 N–H and O–H groups in total. The molecule has 1 aliphatic rings. The van der Waals surface area contributed by atoms with E-state index < -0.39 is 0 Å². The minimum absolute atomic E-state index is 0.0494. The molecule has 0 aliphatic carbocycles. The lowest BCUT2D eigenvalue weighted by Gasteiger charge is -2.21. The van der Waals surface area contributed by atoms with Gasteiger partial charge in [0.05, 0.1) is 11.7 Å². The average Bonchev–Trinajstić information content (AvgIpc) is 3.24. The maximum Gasteiger partial charge on any atom is 0.239 e. The molecular formula is C22H21BrN4O. The Morgan fingerprint density at radius 2 is 1.75 bits per heavy atom. The first-order valence-electron chi connectivity index (χ1n) is 9.23. The highest BCUT2D eigenvalue weighted by atomic mass is 79.9. The maximum atomic E-state index is 13.0. The number of halogens is 1. The Balaban J connectivity index is 1.48. The number of amides is 1. The second kappa shape index (κ2) is 8.65. The van der Waals surface area contributed by atoms with Gasteiger partial charge in [0.25, 0.3) is 0 Å². The SMILES string of the molecule is O=C(NC(c1ccccc1)c1ccccn1)C1CC(c2ccc(Br)cc2)NN1. The summed E-state index contributed by atoms with van der Waals surface area (Å²) in [4.78, 5) is 17.4. The summed E-state index contributed by atoms with van der Waals surface area (Å²) < 4.78 is 1.04. The molecule has 2 aromatic carbocycles. The molecule has 142 valence electrons. The lowest BCUT2D eigenvalue weighted by molar-refractivity contribution is -0.123. The van der Waals surface area contributed by atoms with E-state index in [0.717, 1.165) is 21.3 Å². The van der Waals surface area contributed by atoms with Gasteiger partial charge in [0.1, 0.15) is 6.04 Å². The van der Waals surface area contributed by atoms with Gasteiger partial charge in [0.15, 0.2) is 0 Å². The summed E-state index contributed by atoms with van der Waals surface area (Å²) in [5.74, 6) is -0.0494. The number of hydrogen-bond donors (Lipinski definition) is 3. The van der Waals surface area contributed by atoms with Crippen LogP contribution in [0.25, 0.3) is 0 Å². The van der Waals surface area contributed by atoms with E-state index in [1.807, 2.05) is 60.7 Å². The van der Waals surface area contributed by atoms with Crippen LogP contribution in [0.1, 0.15) is 35.3 Å². The van der Waals surface area contributed by atoms with Gasteiger partial charge in [-0.25, -0.2) is 10.9 Å². The van der Waals surface area contributed by atoms with Crippen molar-refractivity contribution >= 4 is 21.8 Å². The second-order valence-corrected chi connectivity index (χ2v) is 7.70. The number of carbonyl (C=O) groups excluding carboxylic acids is 1. The zero-order valence-electron chi connectivity index (χ0n) is 15.2. The standard InChI is InChI=1S/C22H21BrN4O/c23-17-11-9-15(10-12-17)19-14-20(27-26-19)22(28)25-21(16-6-2-1-3-7-16)18-8-4-5-13-24-18/h1-13,19-21,26-27H,14H2,(H,25,28). The molecule has 4 rings (SSSR count). The molecule has 6 heteroatoms. The van der Waals surface area contributed by atoms with E-state index in [-0.39, 0.29) is 24.0 Å². The predicted octanol–water partition coefficient (Wildman–Crippen LogP) is 3.66. The van der Waals surface area contributed by atoms with Gasteiger partial charge in [-0.15, -0.1) is 0 Å². The zero-order valence-corrected chi connectivity index (χ0v) is 16.8. The van der Waals surface area contributed by atoms with E-state index in [1.54, 1.807) is 6.20 Å². The summed E-state index contributed by atoms with van der Waals surface area (Å²) in [5.41, 5.74) is 9.34. The van der Waals surface area contributed by atoms with Crippen molar-refractivity contribution in [3.8, 4) is 0 Å². The number of rotatable bonds is 5. The third-order valence-electron chi connectivity index (χ3n) is 4.90. The number of hydrazine groups is 1. The predicted molar refractivity (Wildman–Crippen MR) is 112 cm³/mol. The summed E-state index contributed by atoms with van der Waals surface area (Å²) >= 11 is 3.45. The maximum absolute atomic E-state index is 13.0. The minimum Gasteiger partial charge on any atom is -0.342 e. The van der Waals surface area contributed by atoms with Crippen molar-refractivity contribution < 1.29 is 4.79 Å². The van der Waals surface area contributed by atoms with Crippen LogP contribution in [0.5, 0.6) is 0 Å². The molecule has 1 amide bonds. The van der Waals surface area contributed by atoms with Crippen LogP contribution in [-0.2, 0) is 4.79 Å². The highest BCUT2D eigenvalue weighted by Crippen LogP contribution is 2.25. The lowest BCUT2D eigenvalue weighted by Crippen LogP contribution is -2.44. The van der Waals surface area contributed by atoms with Crippen molar-refractivity contribution in [2.45, 2.75) is 24.5 Å². The first kappa shape index (κ1) is 18.8. The summed E-state index contributed by atoms with van der Waals surface area (Å²) in [6, 6.07) is 23.3. The fourth-order valence-electron chi connectivity index (χ4n) is 3.40. The van der Waals surface area contributed by atoms with Crippen LogP contribution in [0, 0.1) is 0 Å². The topological polar surface area (TPSA) is 66.0 Å². The van der Waals surface area contributed by atoms with Crippen molar-refractivity contribution in [2.75, 3.05) is 0 Å². The Morgan fingerprint density at radius 3 is 2.46 bits per heavy atom. The lowest BCUT2D eigenvalue weighted by atomic mass is 10.00. The van der Waals surface area contributed by atoms with Crippen molar-refractivity contribution in [1.82, 2.24) is 21.2 Å². The summed E-state index contributed by atoms with van der Waals surface area (Å²) in [6.07, 6.45) is 2.42. The number of hydrogen-bond acceptors (Lipinski definition) is 4. The normalized spacial score (nSPS) is 19.9. The van der Waals surface area contributed by atoms with E-state index in [9.17, 15) is 4.79 Å². The number of benzene rings is 2. The van der Waals surface area contributed by atoms with Gasteiger partial charge in [-0.05, 0) is 41.8 Å². The Hall–Kier alpha value is -2.54. The Kier molecular flexibility index (Phi) is 5.81.